The zero-order valence-electron chi connectivity index (χ0n) is 11.0. The van der Waals surface area contributed by atoms with Gasteiger partial charge in [-0.3, -0.25) is 0 Å². The fourth-order valence-electron chi connectivity index (χ4n) is 1.87. The monoisotopic (exact) mass is 270 g/mol. The van der Waals surface area contributed by atoms with Gasteiger partial charge >= 0.3 is 5.97 Å². The van der Waals surface area contributed by atoms with Crippen LogP contribution >= 0.6 is 0 Å². The van der Waals surface area contributed by atoms with E-state index in [0.29, 0.717) is 11.1 Å². The minimum Gasteiger partial charge on any atom is -0.478 e. The second kappa shape index (κ2) is 5.10. The highest BCUT2D eigenvalue weighted by molar-refractivity contribution is 7.90. The Balaban J connectivity index is 3.63. The highest BCUT2D eigenvalue weighted by atomic mass is 32.2. The van der Waals surface area contributed by atoms with Crippen molar-refractivity contribution in [1.82, 2.24) is 0 Å². The van der Waals surface area contributed by atoms with Crippen LogP contribution in [0.3, 0.4) is 0 Å². The van der Waals surface area contributed by atoms with Crippen molar-refractivity contribution in [2.24, 2.45) is 0 Å². The summed E-state index contributed by atoms with van der Waals surface area (Å²) in [7, 11) is -3.42. The van der Waals surface area contributed by atoms with Crippen molar-refractivity contribution < 1.29 is 18.3 Å². The average Bonchev–Trinajstić information content (AvgIpc) is 2.25. The van der Waals surface area contributed by atoms with Crippen molar-refractivity contribution in [2.75, 3.05) is 6.26 Å². The topological polar surface area (TPSA) is 71.4 Å². The molecule has 0 heterocycles. The van der Waals surface area contributed by atoms with Crippen molar-refractivity contribution >= 4 is 15.8 Å². The molecule has 5 heteroatoms. The molecule has 0 saturated heterocycles. The molecule has 1 aromatic carbocycles. The Morgan fingerprint density at radius 1 is 1.39 bits per heavy atom. The molecule has 1 atom stereocenters. The highest BCUT2D eigenvalue weighted by Gasteiger charge is 2.21. The molecule has 0 saturated carbocycles. The molecule has 0 aliphatic carbocycles. The van der Waals surface area contributed by atoms with Crippen molar-refractivity contribution in [2.45, 2.75) is 38.0 Å². The van der Waals surface area contributed by atoms with Crippen LogP contribution in [0.15, 0.2) is 17.0 Å². The van der Waals surface area contributed by atoms with Crippen molar-refractivity contribution in [3.63, 3.8) is 0 Å². The van der Waals surface area contributed by atoms with E-state index in [9.17, 15) is 13.2 Å². The summed E-state index contributed by atoms with van der Waals surface area (Å²) >= 11 is 0. The molecule has 18 heavy (non-hydrogen) atoms. The Kier molecular flexibility index (Phi) is 4.16. The Labute approximate surface area is 108 Å². The summed E-state index contributed by atoms with van der Waals surface area (Å²) in [6.45, 7) is 5.59. The molecule has 1 rings (SSSR count). The van der Waals surface area contributed by atoms with E-state index in [0.717, 1.165) is 12.7 Å². The molecule has 1 unspecified atom stereocenters. The highest BCUT2D eigenvalue weighted by Crippen LogP contribution is 2.29. The number of hydrogen-bond acceptors (Lipinski definition) is 3. The Hall–Kier alpha value is -1.36. The summed E-state index contributed by atoms with van der Waals surface area (Å²) in [5.74, 6) is -1.02. The molecule has 4 nitrogen and oxygen atoms in total. The van der Waals surface area contributed by atoms with Gasteiger partial charge in [0.25, 0.3) is 0 Å². The predicted octanol–water partition coefficient (Wildman–Crippen LogP) is 2.61. The van der Waals surface area contributed by atoms with Crippen molar-refractivity contribution in [3.8, 4) is 0 Å². The van der Waals surface area contributed by atoms with E-state index in [2.05, 4.69) is 0 Å². The first-order valence-electron chi connectivity index (χ1n) is 5.76. The Bertz CT molecular complexity index is 573. The van der Waals surface area contributed by atoms with Gasteiger partial charge in [-0.25, -0.2) is 13.2 Å². The molecule has 0 aliphatic heterocycles. The minimum absolute atomic E-state index is 0.0440. The third-order valence-corrected chi connectivity index (χ3v) is 4.28. The number of rotatable bonds is 4. The molecule has 0 radical (unpaired) electrons. The number of carbonyl (C=O) groups is 1. The second-order valence-corrected chi connectivity index (χ2v) is 6.58. The molecular weight excluding hydrogens is 252 g/mol. The number of hydrogen-bond donors (Lipinski definition) is 1. The van der Waals surface area contributed by atoms with E-state index < -0.39 is 15.8 Å². The van der Waals surface area contributed by atoms with Gasteiger partial charge in [-0.1, -0.05) is 19.9 Å². The molecule has 0 bridgehead atoms. The van der Waals surface area contributed by atoms with E-state index in [1.807, 2.05) is 13.8 Å². The van der Waals surface area contributed by atoms with Crippen LogP contribution in [0.4, 0.5) is 0 Å². The lowest BCUT2D eigenvalue weighted by atomic mass is 9.95. The lowest BCUT2D eigenvalue weighted by Gasteiger charge is -2.16. The first kappa shape index (κ1) is 14.7. The van der Waals surface area contributed by atoms with Crippen LogP contribution in [-0.4, -0.2) is 25.7 Å². The molecule has 100 valence electrons. The number of sulfone groups is 1. The number of carboxylic acid groups (broad SMARTS) is 1. The number of aromatic carboxylic acids is 1. The van der Waals surface area contributed by atoms with Gasteiger partial charge in [-0.05, 0) is 36.5 Å². The summed E-state index contributed by atoms with van der Waals surface area (Å²) < 4.78 is 23.5. The van der Waals surface area contributed by atoms with E-state index >= 15 is 0 Å². The van der Waals surface area contributed by atoms with Crippen LogP contribution in [0.25, 0.3) is 0 Å². The zero-order chi connectivity index (χ0) is 14.1. The SMILES string of the molecule is CCC(C)c1cc(C)c(C(=O)O)cc1S(C)(=O)=O. The first-order chi connectivity index (χ1) is 8.18. The summed E-state index contributed by atoms with van der Waals surface area (Å²) in [5, 5.41) is 9.05. The third kappa shape index (κ3) is 2.90. The summed E-state index contributed by atoms with van der Waals surface area (Å²) in [6.07, 6.45) is 1.91. The molecule has 1 aromatic rings. The van der Waals surface area contributed by atoms with Gasteiger partial charge in [0.15, 0.2) is 9.84 Å². The molecular formula is C13H18O4S. The van der Waals surface area contributed by atoms with E-state index in [-0.39, 0.29) is 16.4 Å². The van der Waals surface area contributed by atoms with Crippen LogP contribution in [0.5, 0.6) is 0 Å². The van der Waals surface area contributed by atoms with Crippen LogP contribution in [0.2, 0.25) is 0 Å². The molecule has 0 fully saturated rings. The molecule has 1 N–H and O–H groups in total. The quantitative estimate of drug-likeness (QED) is 0.912. The number of benzene rings is 1. The average molecular weight is 270 g/mol. The van der Waals surface area contributed by atoms with Crippen LogP contribution in [-0.2, 0) is 9.84 Å². The molecule has 0 aliphatic rings. The van der Waals surface area contributed by atoms with Gasteiger partial charge < -0.3 is 5.11 Å². The van der Waals surface area contributed by atoms with Gasteiger partial charge in [-0.2, -0.15) is 0 Å². The predicted molar refractivity (Wildman–Crippen MR) is 70.0 cm³/mol. The molecule has 0 amide bonds. The fraction of sp³-hybridized carbons (Fsp3) is 0.462. The first-order valence-corrected chi connectivity index (χ1v) is 7.65. The minimum atomic E-state index is -3.42. The van der Waals surface area contributed by atoms with Gasteiger partial charge in [0.1, 0.15) is 0 Å². The zero-order valence-corrected chi connectivity index (χ0v) is 11.8. The summed E-state index contributed by atoms with van der Waals surface area (Å²) in [5.41, 5.74) is 1.33. The van der Waals surface area contributed by atoms with E-state index in [1.54, 1.807) is 13.0 Å². The van der Waals surface area contributed by atoms with Gasteiger partial charge in [0.2, 0.25) is 0 Å². The van der Waals surface area contributed by atoms with Crippen LogP contribution in [0.1, 0.15) is 47.7 Å². The number of carboxylic acids is 1. The van der Waals surface area contributed by atoms with Gasteiger partial charge in [-0.15, -0.1) is 0 Å². The largest absolute Gasteiger partial charge is 0.478 e. The van der Waals surface area contributed by atoms with Gasteiger partial charge in [0, 0.05) is 6.26 Å². The molecule has 0 spiro atoms. The Morgan fingerprint density at radius 3 is 2.33 bits per heavy atom. The lowest BCUT2D eigenvalue weighted by molar-refractivity contribution is 0.0696. The molecule has 0 aromatic heterocycles. The van der Waals surface area contributed by atoms with E-state index in [4.69, 9.17) is 5.11 Å². The maximum atomic E-state index is 11.8. The van der Waals surface area contributed by atoms with Crippen molar-refractivity contribution in [1.29, 1.82) is 0 Å². The van der Waals surface area contributed by atoms with Crippen LogP contribution in [0, 0.1) is 6.92 Å². The standard InChI is InChI=1S/C13H18O4S/c1-5-8(2)10-6-9(3)11(13(14)15)7-12(10)18(4,16)17/h6-8H,5H2,1-4H3,(H,14,15). The summed E-state index contributed by atoms with van der Waals surface area (Å²) in [4.78, 5) is 11.2. The smallest absolute Gasteiger partial charge is 0.335 e. The lowest BCUT2D eigenvalue weighted by Crippen LogP contribution is -2.10. The van der Waals surface area contributed by atoms with Gasteiger partial charge in [0.05, 0.1) is 10.5 Å². The third-order valence-electron chi connectivity index (χ3n) is 3.13. The maximum Gasteiger partial charge on any atom is 0.335 e. The maximum absolute atomic E-state index is 11.8. The Morgan fingerprint density at radius 2 is 1.94 bits per heavy atom. The fourth-order valence-corrected chi connectivity index (χ4v) is 2.89. The van der Waals surface area contributed by atoms with Crippen LogP contribution < -0.4 is 0 Å². The van der Waals surface area contributed by atoms with Crippen molar-refractivity contribution in [3.05, 3.63) is 28.8 Å². The van der Waals surface area contributed by atoms with E-state index in [1.165, 1.54) is 6.07 Å². The number of aryl methyl sites for hydroxylation is 1. The summed E-state index contributed by atoms with van der Waals surface area (Å²) in [6, 6.07) is 2.95. The normalized spacial score (nSPS) is 13.3. The second-order valence-electron chi connectivity index (χ2n) is 4.59.